The van der Waals surface area contributed by atoms with E-state index in [2.05, 4.69) is 20.6 Å². The highest BCUT2D eigenvalue weighted by molar-refractivity contribution is 7.99. The van der Waals surface area contributed by atoms with Gasteiger partial charge in [0.05, 0.1) is 30.3 Å². The van der Waals surface area contributed by atoms with Crippen molar-refractivity contribution < 1.29 is 9.00 Å². The van der Waals surface area contributed by atoms with Crippen LogP contribution in [0.15, 0.2) is 53.4 Å². The van der Waals surface area contributed by atoms with E-state index >= 15 is 0 Å². The van der Waals surface area contributed by atoms with Gasteiger partial charge in [0, 0.05) is 11.3 Å². The summed E-state index contributed by atoms with van der Waals surface area (Å²) < 4.78 is 15.2. The molecule has 0 radical (unpaired) electrons. The van der Waals surface area contributed by atoms with Crippen molar-refractivity contribution in [1.82, 2.24) is 14.7 Å². The maximum atomic E-state index is 12.8. The average molecular weight is 408 g/mol. The summed E-state index contributed by atoms with van der Waals surface area (Å²) in [6.07, 6.45) is 0. The van der Waals surface area contributed by atoms with Crippen LogP contribution in [0.25, 0.3) is 11.3 Å². The number of imidazole rings is 1. The van der Waals surface area contributed by atoms with E-state index in [4.69, 9.17) is 23.2 Å². The van der Waals surface area contributed by atoms with Gasteiger partial charge in [-0.15, -0.1) is 0 Å². The molecule has 2 N–H and O–H groups in total. The van der Waals surface area contributed by atoms with Crippen LogP contribution in [-0.4, -0.2) is 26.0 Å². The van der Waals surface area contributed by atoms with Crippen molar-refractivity contribution in [2.24, 2.45) is 0 Å². The first kappa shape index (κ1) is 18.5. The molecule has 1 atom stereocenters. The molecule has 0 fully saturated rings. The lowest BCUT2D eigenvalue weighted by atomic mass is 10.1. The van der Waals surface area contributed by atoms with Crippen molar-refractivity contribution in [3.63, 3.8) is 0 Å². The van der Waals surface area contributed by atoms with Gasteiger partial charge in [-0.25, -0.2) is 9.19 Å². The third-order valence-electron chi connectivity index (χ3n) is 3.68. The van der Waals surface area contributed by atoms with E-state index < -0.39 is 15.6 Å². The van der Waals surface area contributed by atoms with Crippen LogP contribution in [0.5, 0.6) is 0 Å². The van der Waals surface area contributed by atoms with Crippen LogP contribution in [-0.2, 0) is 9.71 Å². The van der Waals surface area contributed by atoms with Gasteiger partial charge in [0.25, 0.3) is 5.91 Å². The minimum absolute atomic E-state index is 0.0147. The van der Waals surface area contributed by atoms with Crippen molar-refractivity contribution in [2.45, 2.75) is 11.8 Å². The first-order valence-corrected chi connectivity index (χ1v) is 10.0. The topological polar surface area (TPSA) is 74.8 Å². The zero-order valence-corrected chi connectivity index (χ0v) is 16.1. The van der Waals surface area contributed by atoms with E-state index in [1.165, 1.54) is 0 Å². The third kappa shape index (κ3) is 3.62. The number of aryl methyl sites for hydroxylation is 1. The summed E-state index contributed by atoms with van der Waals surface area (Å²) in [5, 5.41) is 0.784. The Hall–Kier alpha value is -2.28. The van der Waals surface area contributed by atoms with Crippen LogP contribution < -0.4 is 4.72 Å². The van der Waals surface area contributed by atoms with Crippen molar-refractivity contribution >= 4 is 44.7 Å². The maximum Gasteiger partial charge on any atom is 0.298 e. The Bertz CT molecular complexity index is 1090. The summed E-state index contributed by atoms with van der Waals surface area (Å²) in [4.78, 5) is 20.0. The fourth-order valence-electron chi connectivity index (χ4n) is 2.45. The van der Waals surface area contributed by atoms with Gasteiger partial charge >= 0.3 is 0 Å². The SMILES string of the molecule is C=S(=O)(NC(=O)c1nc(-c2ccccc2Cl)c(C)[nH]1)c1ccccc1Cl. The van der Waals surface area contributed by atoms with Crippen molar-refractivity contribution in [3.8, 4) is 11.3 Å². The standard InChI is InChI=1S/C18H15Cl2N3O2S/c1-11-16(12-7-3-4-8-13(12)19)22-17(21-11)18(24)23-26(2,25)15-10-6-5-9-14(15)20/h3-10H,2H2,1H3,(H,21,22)(H,23,24,25). The molecule has 0 aliphatic carbocycles. The molecule has 0 spiro atoms. The molecule has 3 rings (SSSR count). The molecule has 1 aromatic heterocycles. The highest BCUT2D eigenvalue weighted by Crippen LogP contribution is 2.28. The van der Waals surface area contributed by atoms with E-state index in [0.29, 0.717) is 22.0 Å². The highest BCUT2D eigenvalue weighted by Gasteiger charge is 2.20. The Morgan fingerprint density at radius 2 is 1.73 bits per heavy atom. The number of aromatic amines is 1. The number of nitrogens with one attached hydrogen (secondary N) is 2. The first-order valence-electron chi connectivity index (χ1n) is 7.55. The molecule has 26 heavy (non-hydrogen) atoms. The molecule has 134 valence electrons. The lowest BCUT2D eigenvalue weighted by Crippen LogP contribution is -2.31. The van der Waals surface area contributed by atoms with E-state index in [1.807, 2.05) is 12.1 Å². The fourth-order valence-corrected chi connectivity index (χ4v) is 4.37. The molecule has 1 unspecified atom stereocenters. The lowest BCUT2D eigenvalue weighted by Gasteiger charge is -2.11. The molecular weight excluding hydrogens is 393 g/mol. The minimum Gasteiger partial charge on any atom is -0.337 e. The summed E-state index contributed by atoms with van der Waals surface area (Å²) in [6, 6.07) is 13.7. The second kappa shape index (κ2) is 7.15. The zero-order chi connectivity index (χ0) is 18.9. The highest BCUT2D eigenvalue weighted by atomic mass is 35.5. The third-order valence-corrected chi connectivity index (χ3v) is 6.03. The molecule has 0 bridgehead atoms. The Morgan fingerprint density at radius 1 is 1.12 bits per heavy atom. The van der Waals surface area contributed by atoms with Crippen molar-refractivity contribution in [1.29, 1.82) is 0 Å². The molecule has 3 aromatic rings. The second-order valence-corrected chi connectivity index (χ2v) is 8.38. The predicted molar refractivity (Wildman–Crippen MR) is 106 cm³/mol. The van der Waals surface area contributed by atoms with Gasteiger partial charge in [0.2, 0.25) is 0 Å². The van der Waals surface area contributed by atoms with Crippen molar-refractivity contribution in [2.75, 3.05) is 0 Å². The minimum atomic E-state index is -3.13. The van der Waals surface area contributed by atoms with Crippen LogP contribution in [0.4, 0.5) is 0 Å². The number of H-pyrrole nitrogens is 1. The summed E-state index contributed by atoms with van der Waals surface area (Å²) in [6.45, 7) is 1.78. The van der Waals surface area contributed by atoms with Crippen LogP contribution in [0.2, 0.25) is 10.0 Å². The number of aromatic nitrogens is 2. The summed E-state index contributed by atoms with van der Waals surface area (Å²) in [5.74, 6) is 2.98. The zero-order valence-electron chi connectivity index (χ0n) is 13.8. The first-order chi connectivity index (χ1) is 12.3. The molecule has 0 aliphatic heterocycles. The van der Waals surface area contributed by atoms with E-state index in [0.717, 1.165) is 0 Å². The number of hydrogen-bond acceptors (Lipinski definition) is 3. The van der Waals surface area contributed by atoms with Gasteiger partial charge < -0.3 is 4.98 Å². The molecule has 0 saturated carbocycles. The predicted octanol–water partition coefficient (Wildman–Crippen LogP) is 4.11. The Labute approximate surface area is 161 Å². The number of halogens is 2. The van der Waals surface area contributed by atoms with Crippen LogP contribution in [0, 0.1) is 6.92 Å². The normalized spacial score (nSPS) is 13.2. The molecule has 2 aromatic carbocycles. The Balaban J connectivity index is 1.91. The number of rotatable bonds is 4. The van der Waals surface area contributed by atoms with E-state index in [1.54, 1.807) is 43.3 Å². The monoisotopic (exact) mass is 407 g/mol. The molecule has 0 saturated heterocycles. The molecule has 1 heterocycles. The smallest absolute Gasteiger partial charge is 0.298 e. The number of benzene rings is 2. The Morgan fingerprint density at radius 3 is 2.38 bits per heavy atom. The molecular formula is C18H15Cl2N3O2S. The van der Waals surface area contributed by atoms with Gasteiger partial charge in [-0.1, -0.05) is 53.5 Å². The van der Waals surface area contributed by atoms with Crippen LogP contribution >= 0.6 is 23.2 Å². The number of carbonyl (C=O) groups is 1. The maximum absolute atomic E-state index is 12.8. The molecule has 8 heteroatoms. The summed E-state index contributed by atoms with van der Waals surface area (Å²) in [5.41, 5.74) is 1.91. The van der Waals surface area contributed by atoms with E-state index in [-0.39, 0.29) is 15.7 Å². The Kier molecular flexibility index (Phi) is 5.09. The number of nitrogens with zero attached hydrogens (tertiary/aromatic N) is 1. The quantitative estimate of drug-likeness (QED) is 0.638. The van der Waals surface area contributed by atoms with Crippen LogP contribution in [0.1, 0.15) is 16.3 Å². The van der Waals surface area contributed by atoms with Gasteiger partial charge in [-0.3, -0.25) is 9.52 Å². The van der Waals surface area contributed by atoms with Gasteiger partial charge in [0.1, 0.15) is 0 Å². The molecule has 5 nitrogen and oxygen atoms in total. The number of amides is 1. The van der Waals surface area contributed by atoms with Gasteiger partial charge in [-0.05, 0) is 31.0 Å². The fraction of sp³-hybridized carbons (Fsp3) is 0.0556. The number of hydrogen-bond donors (Lipinski definition) is 2. The van der Waals surface area contributed by atoms with Crippen molar-refractivity contribution in [3.05, 3.63) is 70.1 Å². The lowest BCUT2D eigenvalue weighted by molar-refractivity contribution is 0.0973. The second-order valence-electron chi connectivity index (χ2n) is 5.58. The summed E-state index contributed by atoms with van der Waals surface area (Å²) in [7, 11) is -3.13. The van der Waals surface area contributed by atoms with E-state index in [9.17, 15) is 9.00 Å². The molecule has 1 amide bonds. The largest absolute Gasteiger partial charge is 0.337 e. The van der Waals surface area contributed by atoms with Gasteiger partial charge in [0.15, 0.2) is 5.82 Å². The van der Waals surface area contributed by atoms with Crippen LogP contribution in [0.3, 0.4) is 0 Å². The average Bonchev–Trinajstić information content (AvgIpc) is 2.97. The summed E-state index contributed by atoms with van der Waals surface area (Å²) >= 11 is 12.3. The number of carbonyl (C=O) groups excluding carboxylic acids is 1. The molecule has 0 aliphatic rings. The van der Waals surface area contributed by atoms with Gasteiger partial charge in [-0.2, -0.15) is 0 Å².